The number of hydrogen-bond donors (Lipinski definition) is 3. The monoisotopic (exact) mass is 364 g/mol. The van der Waals surface area contributed by atoms with Gasteiger partial charge in [0.2, 0.25) is 0 Å². The molecule has 0 radical (unpaired) electrons. The van der Waals surface area contributed by atoms with Crippen molar-refractivity contribution in [2.24, 2.45) is 29.6 Å². The number of esters is 1. The maximum Gasteiger partial charge on any atom is 0.341 e. The Labute approximate surface area is 151 Å². The second kappa shape index (κ2) is 4.69. The number of ether oxygens (including phenoxy) is 2. The zero-order chi connectivity index (χ0) is 18.8. The van der Waals surface area contributed by atoms with Crippen molar-refractivity contribution in [1.29, 1.82) is 0 Å². The van der Waals surface area contributed by atoms with Crippen LogP contribution in [0.2, 0.25) is 0 Å². The van der Waals surface area contributed by atoms with Crippen molar-refractivity contribution in [2.75, 3.05) is 0 Å². The molecule has 0 aromatic carbocycles. The van der Waals surface area contributed by atoms with Crippen LogP contribution < -0.4 is 0 Å². The van der Waals surface area contributed by atoms with E-state index in [1.807, 2.05) is 6.92 Å². The van der Waals surface area contributed by atoms with E-state index in [4.69, 9.17) is 9.47 Å². The first-order chi connectivity index (χ1) is 12.2. The van der Waals surface area contributed by atoms with Gasteiger partial charge in [0.1, 0.15) is 17.1 Å². The summed E-state index contributed by atoms with van der Waals surface area (Å²) in [4.78, 5) is 26.1. The van der Waals surface area contributed by atoms with Gasteiger partial charge in [-0.05, 0) is 18.8 Å². The Kier molecular flexibility index (Phi) is 3.02. The van der Waals surface area contributed by atoms with Crippen LogP contribution in [0.1, 0.15) is 33.6 Å². The number of ketones is 1. The van der Waals surface area contributed by atoms with E-state index in [9.17, 15) is 24.9 Å². The van der Waals surface area contributed by atoms with E-state index in [1.165, 1.54) is 0 Å². The fourth-order valence-corrected chi connectivity index (χ4v) is 6.66. The minimum atomic E-state index is -1.51. The maximum absolute atomic E-state index is 13.3. The van der Waals surface area contributed by atoms with E-state index in [1.54, 1.807) is 13.8 Å². The molecule has 4 bridgehead atoms. The molecule has 3 unspecified atom stereocenters. The molecule has 10 atom stereocenters. The van der Waals surface area contributed by atoms with Gasteiger partial charge < -0.3 is 24.8 Å². The Morgan fingerprint density at radius 3 is 2.46 bits per heavy atom. The van der Waals surface area contributed by atoms with Gasteiger partial charge in [0.25, 0.3) is 0 Å². The van der Waals surface area contributed by atoms with Crippen molar-refractivity contribution >= 4 is 11.8 Å². The van der Waals surface area contributed by atoms with Crippen molar-refractivity contribution < 1.29 is 34.4 Å². The molecule has 3 aliphatic carbocycles. The van der Waals surface area contributed by atoms with Gasteiger partial charge >= 0.3 is 5.97 Å². The number of aliphatic hydroxyl groups is 3. The Morgan fingerprint density at radius 2 is 1.77 bits per heavy atom. The van der Waals surface area contributed by atoms with Crippen molar-refractivity contribution in [3.63, 3.8) is 0 Å². The summed E-state index contributed by atoms with van der Waals surface area (Å²) >= 11 is 0. The van der Waals surface area contributed by atoms with Gasteiger partial charge in [-0.25, -0.2) is 4.79 Å². The molecule has 2 spiro atoms. The molecule has 7 nitrogen and oxygen atoms in total. The lowest BCUT2D eigenvalue weighted by molar-refractivity contribution is -0.302. The van der Waals surface area contributed by atoms with Crippen LogP contribution in [0.4, 0.5) is 0 Å². The lowest BCUT2D eigenvalue weighted by Crippen LogP contribution is -2.72. The van der Waals surface area contributed by atoms with Crippen LogP contribution in [-0.2, 0) is 19.1 Å². The van der Waals surface area contributed by atoms with Gasteiger partial charge in [0.05, 0.1) is 30.1 Å². The number of carbonyl (C=O) groups is 2. The molecule has 3 saturated heterocycles. The highest BCUT2D eigenvalue weighted by Gasteiger charge is 2.87. The van der Waals surface area contributed by atoms with E-state index in [0.717, 1.165) is 0 Å². The Bertz CT molecular complexity index is 759. The predicted molar refractivity (Wildman–Crippen MR) is 86.8 cm³/mol. The standard InChI is InChI=1S/C19H24O7/c1-6-4-7(2)13(21)11-17(24)26-18-5-8(3)16-15(23)9(18)14(22)10(12(6)20)19(11,18)25-16/h6-10,14-16,21-23H,4-5H2,1-3H3/b13-11-/t6-,7+,8+,9?,10?,14?,15+,16-,18+,19-/m0/s1. The third kappa shape index (κ3) is 1.47. The highest BCUT2D eigenvalue weighted by atomic mass is 16.6. The zero-order valence-corrected chi connectivity index (χ0v) is 15.0. The van der Waals surface area contributed by atoms with Crippen LogP contribution in [0.5, 0.6) is 0 Å². The van der Waals surface area contributed by atoms with E-state index >= 15 is 0 Å². The molecule has 6 aliphatic rings. The highest BCUT2D eigenvalue weighted by Crippen LogP contribution is 2.70. The molecule has 3 aliphatic heterocycles. The zero-order valence-electron chi connectivity index (χ0n) is 15.0. The first-order valence-electron chi connectivity index (χ1n) is 9.42. The molecule has 5 fully saturated rings. The van der Waals surface area contributed by atoms with Gasteiger partial charge in [-0.15, -0.1) is 0 Å². The van der Waals surface area contributed by atoms with Crippen LogP contribution >= 0.6 is 0 Å². The lowest BCUT2D eigenvalue weighted by atomic mass is 9.59. The van der Waals surface area contributed by atoms with Crippen molar-refractivity contribution in [2.45, 2.75) is 63.1 Å². The van der Waals surface area contributed by atoms with Crippen molar-refractivity contribution in [3.05, 3.63) is 11.3 Å². The minimum absolute atomic E-state index is 0.0133. The summed E-state index contributed by atoms with van der Waals surface area (Å²) in [6.45, 7) is 5.43. The Balaban J connectivity index is 1.86. The highest BCUT2D eigenvalue weighted by molar-refractivity contribution is 6.00. The number of aliphatic hydroxyl groups excluding tert-OH is 3. The van der Waals surface area contributed by atoms with Gasteiger partial charge in [-0.2, -0.15) is 0 Å². The molecule has 0 aromatic rings. The fraction of sp³-hybridized carbons (Fsp3) is 0.789. The first kappa shape index (κ1) is 16.7. The number of Topliss-reactive ketones (excluding diaryl/α,β-unsaturated/α-hetero) is 1. The average Bonchev–Trinajstić information content (AvgIpc) is 2.87. The lowest BCUT2D eigenvalue weighted by Gasteiger charge is -2.58. The minimum Gasteiger partial charge on any atom is -0.511 e. The summed E-state index contributed by atoms with van der Waals surface area (Å²) in [5.41, 5.74) is -2.83. The van der Waals surface area contributed by atoms with Gasteiger partial charge in [-0.3, -0.25) is 4.79 Å². The summed E-state index contributed by atoms with van der Waals surface area (Å²) in [6, 6.07) is 0. The second-order valence-corrected chi connectivity index (χ2v) is 8.96. The van der Waals surface area contributed by atoms with E-state index in [2.05, 4.69) is 0 Å². The molecule has 6 rings (SSSR count). The van der Waals surface area contributed by atoms with E-state index < -0.39 is 59.2 Å². The normalized spacial score (nSPS) is 60.5. The van der Waals surface area contributed by atoms with Crippen molar-refractivity contribution in [1.82, 2.24) is 0 Å². The average molecular weight is 364 g/mol. The molecule has 7 heteroatoms. The van der Waals surface area contributed by atoms with Gasteiger partial charge in [0.15, 0.2) is 11.2 Å². The fourth-order valence-electron chi connectivity index (χ4n) is 6.66. The first-order valence-corrected chi connectivity index (χ1v) is 9.42. The molecular weight excluding hydrogens is 340 g/mol. The maximum atomic E-state index is 13.3. The smallest absolute Gasteiger partial charge is 0.341 e. The molecule has 142 valence electrons. The quantitative estimate of drug-likeness (QED) is 0.536. The molecule has 0 amide bonds. The summed E-state index contributed by atoms with van der Waals surface area (Å²) in [7, 11) is 0. The van der Waals surface area contributed by atoms with Gasteiger partial charge in [0, 0.05) is 11.8 Å². The summed E-state index contributed by atoms with van der Waals surface area (Å²) in [5.74, 6) is -3.72. The summed E-state index contributed by atoms with van der Waals surface area (Å²) < 4.78 is 12.1. The van der Waals surface area contributed by atoms with E-state index in [0.29, 0.717) is 12.8 Å². The Morgan fingerprint density at radius 1 is 1.08 bits per heavy atom. The third-order valence-corrected chi connectivity index (χ3v) is 7.60. The van der Waals surface area contributed by atoms with Crippen LogP contribution in [0.25, 0.3) is 0 Å². The van der Waals surface area contributed by atoms with Crippen LogP contribution in [0.3, 0.4) is 0 Å². The largest absolute Gasteiger partial charge is 0.511 e. The van der Waals surface area contributed by atoms with Crippen LogP contribution in [0, 0.1) is 29.6 Å². The number of fused-ring (bicyclic) bond motifs is 1. The number of carbonyl (C=O) groups excluding carboxylic acids is 2. The summed E-state index contributed by atoms with van der Waals surface area (Å²) in [5, 5.41) is 32.8. The second-order valence-electron chi connectivity index (χ2n) is 8.96. The molecular formula is C19H24O7. The van der Waals surface area contributed by atoms with Gasteiger partial charge in [-0.1, -0.05) is 20.8 Å². The molecule has 26 heavy (non-hydrogen) atoms. The number of rotatable bonds is 0. The SMILES string of the molecule is C[C@@H]1C[C@H](C)C(=O)C2C(O)C3[C@@H](O)[C@H]4O[C@]25/C(=C/1O)C(=O)O[C@]35C[C@H]4C. The van der Waals surface area contributed by atoms with Crippen LogP contribution in [-0.4, -0.2) is 56.6 Å². The molecule has 2 saturated carbocycles. The van der Waals surface area contributed by atoms with Crippen LogP contribution in [0.15, 0.2) is 11.3 Å². The third-order valence-electron chi connectivity index (χ3n) is 7.60. The molecule has 3 heterocycles. The Hall–Kier alpha value is -1.44. The van der Waals surface area contributed by atoms with Crippen molar-refractivity contribution in [3.8, 4) is 0 Å². The topological polar surface area (TPSA) is 113 Å². The number of allylic oxidation sites excluding steroid dienone is 1. The predicted octanol–water partition coefficient (Wildman–Crippen LogP) is 0.484. The molecule has 0 aromatic heterocycles. The molecule has 3 N–H and O–H groups in total. The summed E-state index contributed by atoms with van der Waals surface area (Å²) in [6.07, 6.45) is -2.05. The van der Waals surface area contributed by atoms with E-state index in [-0.39, 0.29) is 23.0 Å². The number of hydrogen-bond acceptors (Lipinski definition) is 7.